The Bertz CT molecular complexity index is 753. The first-order valence-corrected chi connectivity index (χ1v) is 6.99. The van der Waals surface area contributed by atoms with Crippen LogP contribution in [0.2, 0.25) is 15.1 Å². The van der Waals surface area contributed by atoms with Crippen molar-refractivity contribution in [3.05, 3.63) is 57.4 Å². The first-order valence-electron chi connectivity index (χ1n) is 5.86. The number of hydrogen-bond donors (Lipinski definition) is 1. The minimum absolute atomic E-state index is 0.449. The molecule has 1 heterocycles. The molecule has 20 heavy (non-hydrogen) atoms. The lowest BCUT2D eigenvalue weighted by atomic mass is 10.3. The molecule has 0 aliphatic carbocycles. The van der Waals surface area contributed by atoms with Crippen LogP contribution in [0.4, 0.5) is 5.69 Å². The fourth-order valence-corrected chi connectivity index (χ4v) is 2.47. The molecule has 0 aliphatic heterocycles. The van der Waals surface area contributed by atoms with Gasteiger partial charge in [-0.25, -0.2) is 4.98 Å². The zero-order valence-corrected chi connectivity index (χ0v) is 12.4. The van der Waals surface area contributed by atoms with E-state index < -0.39 is 0 Å². The van der Waals surface area contributed by atoms with Crippen LogP contribution in [0.15, 0.2) is 40.8 Å². The molecule has 0 unspecified atom stereocenters. The number of aromatic nitrogens is 1. The molecule has 0 spiro atoms. The van der Waals surface area contributed by atoms with Gasteiger partial charge in [0.05, 0.1) is 11.6 Å². The van der Waals surface area contributed by atoms with Crippen molar-refractivity contribution in [1.82, 2.24) is 4.98 Å². The van der Waals surface area contributed by atoms with Crippen LogP contribution >= 0.6 is 34.8 Å². The number of benzene rings is 2. The average Bonchev–Trinajstić information content (AvgIpc) is 2.81. The van der Waals surface area contributed by atoms with E-state index in [1.807, 2.05) is 24.3 Å². The predicted octanol–water partition coefficient (Wildman–Crippen LogP) is 5.40. The van der Waals surface area contributed by atoms with Gasteiger partial charge < -0.3 is 9.73 Å². The van der Waals surface area contributed by atoms with E-state index in [0.717, 1.165) is 5.69 Å². The number of nitrogens with one attached hydrogen (secondary N) is 1. The Labute approximate surface area is 130 Å². The maximum absolute atomic E-state index is 6.06. The van der Waals surface area contributed by atoms with Crippen LogP contribution in [0.5, 0.6) is 0 Å². The fourth-order valence-electron chi connectivity index (χ4n) is 1.83. The number of anilines is 1. The van der Waals surface area contributed by atoms with E-state index in [-0.39, 0.29) is 0 Å². The van der Waals surface area contributed by atoms with Crippen LogP contribution in [0.25, 0.3) is 11.1 Å². The molecule has 0 saturated heterocycles. The van der Waals surface area contributed by atoms with Crippen molar-refractivity contribution < 1.29 is 4.42 Å². The minimum Gasteiger partial charge on any atom is -0.437 e. The second-order valence-corrected chi connectivity index (χ2v) is 5.48. The van der Waals surface area contributed by atoms with Gasteiger partial charge in [-0.1, -0.05) is 34.8 Å². The van der Waals surface area contributed by atoms with Gasteiger partial charge in [-0.3, -0.25) is 0 Å². The summed E-state index contributed by atoms with van der Waals surface area (Å²) in [6.07, 6.45) is 0. The Kier molecular flexibility index (Phi) is 3.74. The molecule has 0 amide bonds. The summed E-state index contributed by atoms with van der Waals surface area (Å²) < 4.78 is 5.61. The van der Waals surface area contributed by atoms with Crippen molar-refractivity contribution >= 4 is 51.6 Å². The zero-order valence-electron chi connectivity index (χ0n) is 10.2. The summed E-state index contributed by atoms with van der Waals surface area (Å²) in [5.74, 6) is 0.541. The van der Waals surface area contributed by atoms with E-state index in [1.165, 1.54) is 0 Å². The van der Waals surface area contributed by atoms with Crippen molar-refractivity contribution in [2.75, 3.05) is 5.32 Å². The molecule has 6 heteroatoms. The maximum Gasteiger partial charge on any atom is 0.214 e. The lowest BCUT2D eigenvalue weighted by Gasteiger charge is -2.02. The van der Waals surface area contributed by atoms with Crippen molar-refractivity contribution in [3.8, 4) is 0 Å². The summed E-state index contributed by atoms with van der Waals surface area (Å²) in [7, 11) is 0. The smallest absolute Gasteiger partial charge is 0.214 e. The van der Waals surface area contributed by atoms with E-state index in [9.17, 15) is 0 Å². The van der Waals surface area contributed by atoms with Gasteiger partial charge in [-0.15, -0.1) is 0 Å². The van der Waals surface area contributed by atoms with Crippen LogP contribution in [0.1, 0.15) is 5.89 Å². The molecule has 0 bridgehead atoms. The number of nitrogens with zero attached hydrogens (tertiary/aromatic N) is 1. The highest BCUT2D eigenvalue weighted by atomic mass is 35.5. The molecule has 1 N–H and O–H groups in total. The molecule has 0 aliphatic rings. The van der Waals surface area contributed by atoms with Gasteiger partial charge in [0.1, 0.15) is 5.52 Å². The van der Waals surface area contributed by atoms with Crippen molar-refractivity contribution in [1.29, 1.82) is 0 Å². The van der Waals surface area contributed by atoms with Gasteiger partial charge in [-0.2, -0.15) is 0 Å². The lowest BCUT2D eigenvalue weighted by Crippen LogP contribution is -1.98. The summed E-state index contributed by atoms with van der Waals surface area (Å²) in [6.45, 7) is 0.449. The van der Waals surface area contributed by atoms with E-state index in [0.29, 0.717) is 38.6 Å². The lowest BCUT2D eigenvalue weighted by molar-refractivity contribution is 0.540. The van der Waals surface area contributed by atoms with Gasteiger partial charge in [0, 0.05) is 15.7 Å². The highest BCUT2D eigenvalue weighted by Gasteiger charge is 2.10. The van der Waals surface area contributed by atoms with E-state index >= 15 is 0 Å². The second-order valence-electron chi connectivity index (χ2n) is 4.20. The second kappa shape index (κ2) is 5.52. The third-order valence-corrected chi connectivity index (χ3v) is 3.49. The van der Waals surface area contributed by atoms with Crippen LogP contribution in [0, 0.1) is 0 Å². The monoisotopic (exact) mass is 326 g/mol. The number of oxazole rings is 1. The number of hydrogen-bond acceptors (Lipinski definition) is 3. The average molecular weight is 328 g/mol. The first kappa shape index (κ1) is 13.6. The molecule has 3 rings (SSSR count). The Morgan fingerprint density at radius 3 is 2.50 bits per heavy atom. The molecule has 0 atom stereocenters. The van der Waals surface area contributed by atoms with Gasteiger partial charge >= 0.3 is 0 Å². The maximum atomic E-state index is 6.06. The van der Waals surface area contributed by atoms with E-state index in [4.69, 9.17) is 39.2 Å². The SMILES string of the molecule is Clc1ccc(NCc2nc3cc(Cl)cc(Cl)c3o2)cc1. The van der Waals surface area contributed by atoms with Gasteiger partial charge in [0.25, 0.3) is 0 Å². The largest absolute Gasteiger partial charge is 0.437 e. The first-order chi connectivity index (χ1) is 9.61. The summed E-state index contributed by atoms with van der Waals surface area (Å²) in [6, 6.07) is 10.7. The third-order valence-electron chi connectivity index (χ3n) is 2.74. The third kappa shape index (κ3) is 2.85. The fraction of sp³-hybridized carbons (Fsp3) is 0.0714. The summed E-state index contributed by atoms with van der Waals surface area (Å²) in [5.41, 5.74) is 2.13. The van der Waals surface area contributed by atoms with Gasteiger partial charge in [-0.05, 0) is 36.4 Å². The van der Waals surface area contributed by atoms with E-state index in [1.54, 1.807) is 12.1 Å². The molecule has 0 radical (unpaired) electrons. The highest BCUT2D eigenvalue weighted by Crippen LogP contribution is 2.28. The summed E-state index contributed by atoms with van der Waals surface area (Å²) >= 11 is 17.8. The standard InChI is InChI=1S/C14H9Cl3N2O/c15-8-1-3-10(4-2-8)18-7-13-19-12-6-9(16)5-11(17)14(12)20-13/h1-6,18H,7H2. The van der Waals surface area contributed by atoms with Crippen molar-refractivity contribution in [2.45, 2.75) is 6.54 Å². The highest BCUT2D eigenvalue weighted by molar-refractivity contribution is 6.37. The molecule has 3 aromatic rings. The van der Waals surface area contributed by atoms with Crippen LogP contribution in [0.3, 0.4) is 0 Å². The molecular formula is C14H9Cl3N2O. The molecule has 0 saturated carbocycles. The molecule has 102 valence electrons. The summed E-state index contributed by atoms with van der Waals surface area (Å²) in [5, 5.41) is 4.88. The number of halogens is 3. The van der Waals surface area contributed by atoms with Crippen LogP contribution < -0.4 is 5.32 Å². The number of fused-ring (bicyclic) bond motifs is 1. The number of rotatable bonds is 3. The Morgan fingerprint density at radius 2 is 1.75 bits per heavy atom. The topological polar surface area (TPSA) is 38.1 Å². The van der Waals surface area contributed by atoms with E-state index in [2.05, 4.69) is 10.3 Å². The predicted molar refractivity (Wildman–Crippen MR) is 82.8 cm³/mol. The molecule has 1 aromatic heterocycles. The molecular weight excluding hydrogens is 319 g/mol. The quantitative estimate of drug-likeness (QED) is 0.700. The van der Waals surface area contributed by atoms with Crippen molar-refractivity contribution in [3.63, 3.8) is 0 Å². The summed E-state index contributed by atoms with van der Waals surface area (Å²) in [4.78, 5) is 4.34. The molecule has 2 aromatic carbocycles. The van der Waals surface area contributed by atoms with Gasteiger partial charge in [0.15, 0.2) is 5.58 Å². The Hall–Kier alpha value is -1.42. The Balaban J connectivity index is 1.81. The van der Waals surface area contributed by atoms with Crippen LogP contribution in [-0.2, 0) is 6.54 Å². The Morgan fingerprint density at radius 1 is 1.00 bits per heavy atom. The molecule has 0 fully saturated rings. The molecule has 3 nitrogen and oxygen atoms in total. The van der Waals surface area contributed by atoms with Crippen LogP contribution in [-0.4, -0.2) is 4.98 Å². The van der Waals surface area contributed by atoms with Gasteiger partial charge in [0.2, 0.25) is 5.89 Å². The minimum atomic E-state index is 0.449. The normalized spacial score (nSPS) is 10.9. The zero-order chi connectivity index (χ0) is 14.1. The van der Waals surface area contributed by atoms with Crippen molar-refractivity contribution in [2.24, 2.45) is 0 Å².